The van der Waals surface area contributed by atoms with E-state index in [4.69, 9.17) is 12.6 Å². The molecule has 2 fully saturated rings. The van der Waals surface area contributed by atoms with Gasteiger partial charge in [0, 0.05) is 37.8 Å². The molecule has 3 heterocycles. The summed E-state index contributed by atoms with van der Waals surface area (Å²) in [6.07, 6.45) is 11.0. The Morgan fingerprint density at radius 1 is 0.909 bits per heavy atom. The first kappa shape index (κ1) is 14.6. The fourth-order valence-corrected chi connectivity index (χ4v) is 6.11. The van der Waals surface area contributed by atoms with E-state index in [1.807, 2.05) is 18.2 Å². The minimum absolute atomic E-state index is 0.0389. The summed E-state index contributed by atoms with van der Waals surface area (Å²) in [4.78, 5) is 8.81. The van der Waals surface area contributed by atoms with Gasteiger partial charge >= 0.3 is 0 Å². The molecule has 0 saturated heterocycles. The van der Waals surface area contributed by atoms with Crippen molar-refractivity contribution in [2.45, 2.75) is 77.4 Å². The monoisotopic (exact) mass is 445 g/mol. The highest BCUT2D eigenvalue weighted by atomic mass is 16.3. The van der Waals surface area contributed by atoms with Gasteiger partial charge in [-0.2, -0.15) is 0 Å². The van der Waals surface area contributed by atoms with E-state index in [0.29, 0.717) is 46.5 Å². The van der Waals surface area contributed by atoms with E-state index >= 15 is 0 Å². The van der Waals surface area contributed by atoms with Crippen LogP contribution in [0.5, 0.6) is 0 Å². The van der Waals surface area contributed by atoms with Gasteiger partial charge in [0.05, 0.1) is 5.69 Å². The zero-order valence-electron chi connectivity index (χ0n) is 25.9. The molecule has 0 N–H and O–H groups in total. The molecule has 33 heavy (non-hydrogen) atoms. The van der Waals surface area contributed by atoms with Gasteiger partial charge < -0.3 is 4.42 Å². The highest BCUT2D eigenvalue weighted by Crippen LogP contribution is 2.44. The minimum Gasteiger partial charge on any atom is -0.437 e. The van der Waals surface area contributed by atoms with Crippen molar-refractivity contribution in [2.75, 3.05) is 0 Å². The molecule has 0 atom stereocenters. The smallest absolute Gasteiger partial charge is 0.227 e. The number of hydrogen-bond acceptors (Lipinski definition) is 3. The van der Waals surface area contributed by atoms with E-state index in [9.17, 15) is 1.37 Å². The SMILES string of the molecule is [2H]C([2H])([2H])c1ccc2c(n1)oc1c(-c3cc(C4([2H])CCC(C5CCCCC5)CC4)c(C([2H])([2H])[2H])cn3)cccc12. The van der Waals surface area contributed by atoms with Gasteiger partial charge in [0.2, 0.25) is 5.71 Å². The van der Waals surface area contributed by atoms with Gasteiger partial charge in [-0.1, -0.05) is 44.2 Å². The molecule has 3 nitrogen and oxygen atoms in total. The third kappa shape index (κ3) is 3.86. The Morgan fingerprint density at radius 3 is 2.58 bits per heavy atom. The van der Waals surface area contributed by atoms with Crippen LogP contribution in [-0.4, -0.2) is 9.97 Å². The Bertz CT molecular complexity index is 1540. The zero-order chi connectivity index (χ0) is 28.3. The van der Waals surface area contributed by atoms with Gasteiger partial charge in [0.15, 0.2) is 0 Å². The van der Waals surface area contributed by atoms with E-state index in [1.54, 1.807) is 12.1 Å². The van der Waals surface area contributed by atoms with Crippen molar-refractivity contribution < 1.29 is 14.0 Å². The second-order valence-electron chi connectivity index (χ2n) is 9.79. The number of benzene rings is 1. The van der Waals surface area contributed by atoms with Crippen LogP contribution in [0.3, 0.4) is 0 Å². The molecular weight excluding hydrogens is 404 g/mol. The molecule has 170 valence electrons. The number of pyridine rings is 2. The molecule has 1 aromatic carbocycles. The Labute approximate surface area is 206 Å². The summed E-state index contributed by atoms with van der Waals surface area (Å²) in [6, 6.07) is 10.6. The fraction of sp³-hybridized carbons (Fsp3) is 0.467. The molecule has 2 aliphatic rings. The lowest BCUT2D eigenvalue weighted by Crippen LogP contribution is -2.23. The molecule has 6 rings (SSSR count). The van der Waals surface area contributed by atoms with Crippen molar-refractivity contribution >= 4 is 22.1 Å². The van der Waals surface area contributed by atoms with Gasteiger partial charge in [-0.05, 0) is 92.5 Å². The van der Waals surface area contributed by atoms with Crippen molar-refractivity contribution in [3.05, 3.63) is 59.4 Å². The van der Waals surface area contributed by atoms with E-state index in [2.05, 4.69) is 9.97 Å². The Balaban J connectivity index is 1.41. The molecule has 0 aliphatic heterocycles. The number of para-hydroxylation sites is 1. The fourth-order valence-electron chi connectivity index (χ4n) is 6.11. The predicted octanol–water partition coefficient (Wildman–Crippen LogP) is 8.51. The van der Waals surface area contributed by atoms with Crippen LogP contribution in [0.1, 0.15) is 90.1 Å². The lowest BCUT2D eigenvalue weighted by molar-refractivity contribution is 0.186. The summed E-state index contributed by atoms with van der Waals surface area (Å²) in [7, 11) is 0. The highest BCUT2D eigenvalue weighted by Gasteiger charge is 2.30. The Hall–Kier alpha value is -2.68. The van der Waals surface area contributed by atoms with Crippen molar-refractivity contribution in [2.24, 2.45) is 11.8 Å². The van der Waals surface area contributed by atoms with Gasteiger partial charge in [-0.15, -0.1) is 0 Å². The lowest BCUT2D eigenvalue weighted by atomic mass is 9.69. The quantitative estimate of drug-likeness (QED) is 0.317. The Kier molecular flexibility index (Phi) is 3.79. The summed E-state index contributed by atoms with van der Waals surface area (Å²) < 4.78 is 63.3. The van der Waals surface area contributed by atoms with Crippen LogP contribution in [-0.2, 0) is 0 Å². The van der Waals surface area contributed by atoms with Crippen LogP contribution in [0.2, 0.25) is 0 Å². The topological polar surface area (TPSA) is 38.9 Å². The Morgan fingerprint density at radius 2 is 1.76 bits per heavy atom. The molecule has 2 saturated carbocycles. The van der Waals surface area contributed by atoms with Gasteiger partial charge in [0.25, 0.3) is 0 Å². The molecule has 0 unspecified atom stereocenters. The predicted molar refractivity (Wildman–Crippen MR) is 135 cm³/mol. The number of nitrogens with zero attached hydrogens (tertiary/aromatic N) is 2. The molecule has 3 aromatic heterocycles. The van der Waals surface area contributed by atoms with Crippen molar-refractivity contribution in [1.82, 2.24) is 9.97 Å². The first-order chi connectivity index (χ1) is 18.9. The molecule has 0 radical (unpaired) electrons. The van der Waals surface area contributed by atoms with E-state index in [0.717, 1.165) is 24.1 Å². The van der Waals surface area contributed by atoms with Crippen molar-refractivity contribution in [3.63, 3.8) is 0 Å². The summed E-state index contributed by atoms with van der Waals surface area (Å²) in [5, 5.41) is 1.47. The minimum atomic E-state index is -2.38. The standard InChI is InChI=1S/C30H34N2O/c1-19-18-31-28(17-27(19)23-14-12-22(13-15-23)21-7-4-3-5-8-21)26-10-6-9-24-25-16-11-20(2)32-30(25)33-29(24)26/h6,9-11,16-18,21-23H,3-5,7-8,12-15H2,1-2H3/i1D3,2D3,23D. The van der Waals surface area contributed by atoms with E-state index < -0.39 is 19.6 Å². The normalized spacial score (nSPS) is 28.4. The molecule has 4 aromatic rings. The van der Waals surface area contributed by atoms with Gasteiger partial charge in [0.1, 0.15) is 5.58 Å². The first-order valence-corrected chi connectivity index (χ1v) is 12.3. The summed E-state index contributed by atoms with van der Waals surface area (Å²) in [5.74, 6) is 0.358. The number of hydrogen-bond donors (Lipinski definition) is 0. The zero-order valence-corrected chi connectivity index (χ0v) is 18.9. The number of furan rings is 1. The maximum Gasteiger partial charge on any atom is 0.227 e. The van der Waals surface area contributed by atoms with Crippen LogP contribution in [0, 0.1) is 25.5 Å². The first-order valence-electron chi connectivity index (χ1n) is 15.8. The molecular formula is C30H34N2O. The maximum absolute atomic E-state index is 9.51. The molecule has 3 heteroatoms. The van der Waals surface area contributed by atoms with Crippen LogP contribution in [0.25, 0.3) is 33.3 Å². The van der Waals surface area contributed by atoms with Crippen LogP contribution < -0.4 is 0 Å². The van der Waals surface area contributed by atoms with E-state index in [-0.39, 0.29) is 17.0 Å². The third-order valence-electron chi connectivity index (χ3n) is 7.88. The molecule has 0 bridgehead atoms. The average Bonchev–Trinajstić information content (AvgIpc) is 3.31. The van der Waals surface area contributed by atoms with E-state index in [1.165, 1.54) is 44.4 Å². The van der Waals surface area contributed by atoms with Gasteiger partial charge in [-0.3, -0.25) is 4.98 Å². The highest BCUT2D eigenvalue weighted by molar-refractivity contribution is 6.08. The lowest BCUT2D eigenvalue weighted by Gasteiger charge is -2.36. The molecule has 0 spiro atoms. The number of fused-ring (bicyclic) bond motifs is 3. The number of rotatable bonds is 3. The second-order valence-corrected chi connectivity index (χ2v) is 9.79. The van der Waals surface area contributed by atoms with Crippen LogP contribution in [0.4, 0.5) is 0 Å². The largest absolute Gasteiger partial charge is 0.437 e. The van der Waals surface area contributed by atoms with Crippen molar-refractivity contribution in [3.8, 4) is 11.3 Å². The van der Waals surface area contributed by atoms with Crippen LogP contribution >= 0.6 is 0 Å². The maximum atomic E-state index is 9.51. The van der Waals surface area contributed by atoms with Gasteiger partial charge in [-0.25, -0.2) is 4.98 Å². The summed E-state index contributed by atoms with van der Waals surface area (Å²) in [5.41, 5.74) is 2.55. The third-order valence-corrected chi connectivity index (χ3v) is 7.88. The summed E-state index contributed by atoms with van der Waals surface area (Å²) in [6.45, 7) is -4.73. The van der Waals surface area contributed by atoms with Crippen molar-refractivity contribution in [1.29, 1.82) is 0 Å². The average molecular weight is 446 g/mol. The second kappa shape index (κ2) is 8.59. The number of aromatic nitrogens is 2. The molecule has 2 aliphatic carbocycles. The van der Waals surface area contributed by atoms with Crippen LogP contribution in [0.15, 0.2) is 47.0 Å². The summed E-state index contributed by atoms with van der Waals surface area (Å²) >= 11 is 0. The number of aryl methyl sites for hydroxylation is 2. The molecule has 0 amide bonds.